The zero-order valence-electron chi connectivity index (χ0n) is 7.63. The number of fused-ring (bicyclic) bond motifs is 1. The van der Waals surface area contributed by atoms with Gasteiger partial charge >= 0.3 is 0 Å². The van der Waals surface area contributed by atoms with Crippen LogP contribution in [0.25, 0.3) is 0 Å². The smallest absolute Gasteiger partial charge is 0.0719 e. The molecular weight excluding hydrogens is 148 g/mol. The summed E-state index contributed by atoms with van der Waals surface area (Å²) >= 11 is 0. The van der Waals surface area contributed by atoms with Crippen LogP contribution in [0.1, 0.15) is 29.5 Å². The molecule has 0 aliphatic carbocycles. The molecule has 0 aromatic heterocycles. The Balaban J connectivity index is 2.47. The lowest BCUT2D eigenvalue weighted by atomic mass is 9.93. The van der Waals surface area contributed by atoms with Gasteiger partial charge in [0, 0.05) is 5.92 Å². The van der Waals surface area contributed by atoms with E-state index in [1.165, 1.54) is 16.7 Å². The van der Waals surface area contributed by atoms with Crippen molar-refractivity contribution >= 4 is 0 Å². The van der Waals surface area contributed by atoms with Gasteiger partial charge in [0.2, 0.25) is 0 Å². The van der Waals surface area contributed by atoms with Gasteiger partial charge in [-0.05, 0) is 18.1 Å². The quantitative estimate of drug-likeness (QED) is 0.569. The van der Waals surface area contributed by atoms with Gasteiger partial charge < -0.3 is 4.74 Å². The van der Waals surface area contributed by atoms with Crippen molar-refractivity contribution in [3.05, 3.63) is 34.9 Å². The maximum atomic E-state index is 5.45. The SMILES string of the molecule is Cc1ccc2c(c1)C(C)COC2. The molecule has 1 aliphatic rings. The van der Waals surface area contributed by atoms with Crippen molar-refractivity contribution in [2.75, 3.05) is 6.61 Å². The van der Waals surface area contributed by atoms with E-state index in [9.17, 15) is 0 Å². The first-order chi connectivity index (χ1) is 5.77. The summed E-state index contributed by atoms with van der Waals surface area (Å²) in [5, 5.41) is 0. The largest absolute Gasteiger partial charge is 0.376 e. The molecule has 0 saturated heterocycles. The van der Waals surface area contributed by atoms with Crippen LogP contribution in [0, 0.1) is 6.92 Å². The molecule has 0 amide bonds. The Morgan fingerprint density at radius 3 is 3.08 bits per heavy atom. The molecule has 0 saturated carbocycles. The zero-order chi connectivity index (χ0) is 8.55. The standard InChI is InChI=1S/C11H14O/c1-8-3-4-10-7-12-6-9(2)11(10)5-8/h3-5,9H,6-7H2,1-2H3. The molecule has 1 nitrogen and oxygen atoms in total. The number of ether oxygens (including phenoxy) is 1. The molecule has 1 heteroatoms. The first kappa shape index (κ1) is 7.81. The fraction of sp³-hybridized carbons (Fsp3) is 0.455. The highest BCUT2D eigenvalue weighted by Crippen LogP contribution is 2.26. The summed E-state index contributed by atoms with van der Waals surface area (Å²) in [5.74, 6) is 0.564. The Morgan fingerprint density at radius 2 is 2.25 bits per heavy atom. The monoisotopic (exact) mass is 162 g/mol. The van der Waals surface area contributed by atoms with Crippen LogP contribution in [-0.4, -0.2) is 6.61 Å². The lowest BCUT2D eigenvalue weighted by molar-refractivity contribution is 0.0950. The van der Waals surface area contributed by atoms with E-state index in [2.05, 4.69) is 32.0 Å². The fourth-order valence-electron chi connectivity index (χ4n) is 1.74. The average Bonchev–Trinajstić information content (AvgIpc) is 2.07. The lowest BCUT2D eigenvalue weighted by Crippen LogP contribution is -2.14. The normalized spacial score (nSPS) is 22.0. The maximum absolute atomic E-state index is 5.45. The first-order valence-corrected chi connectivity index (χ1v) is 4.44. The minimum Gasteiger partial charge on any atom is -0.376 e. The molecule has 2 rings (SSSR count). The van der Waals surface area contributed by atoms with Crippen LogP contribution in [0.4, 0.5) is 0 Å². The number of aryl methyl sites for hydroxylation is 1. The second kappa shape index (κ2) is 2.91. The van der Waals surface area contributed by atoms with Crippen molar-refractivity contribution in [3.63, 3.8) is 0 Å². The predicted molar refractivity (Wildman–Crippen MR) is 49.3 cm³/mol. The van der Waals surface area contributed by atoms with Crippen LogP contribution >= 0.6 is 0 Å². The molecule has 1 atom stereocenters. The van der Waals surface area contributed by atoms with Gasteiger partial charge in [0.05, 0.1) is 13.2 Å². The second-order valence-corrected chi connectivity index (χ2v) is 3.62. The van der Waals surface area contributed by atoms with Crippen molar-refractivity contribution in [2.45, 2.75) is 26.4 Å². The molecule has 0 N–H and O–H groups in total. The average molecular weight is 162 g/mol. The van der Waals surface area contributed by atoms with Crippen LogP contribution in [0.2, 0.25) is 0 Å². The van der Waals surface area contributed by atoms with E-state index in [1.54, 1.807) is 0 Å². The van der Waals surface area contributed by atoms with Gasteiger partial charge in [-0.2, -0.15) is 0 Å². The molecule has 1 aliphatic heterocycles. The molecule has 0 radical (unpaired) electrons. The van der Waals surface area contributed by atoms with Gasteiger partial charge in [-0.15, -0.1) is 0 Å². The van der Waals surface area contributed by atoms with Crippen LogP contribution in [0.15, 0.2) is 18.2 Å². The minimum atomic E-state index is 0.564. The summed E-state index contributed by atoms with van der Waals surface area (Å²) in [6.07, 6.45) is 0. The highest BCUT2D eigenvalue weighted by Gasteiger charge is 2.15. The Hall–Kier alpha value is -0.820. The molecular formula is C11H14O. The third kappa shape index (κ3) is 1.25. The van der Waals surface area contributed by atoms with Crippen molar-refractivity contribution < 1.29 is 4.74 Å². The van der Waals surface area contributed by atoms with E-state index in [-0.39, 0.29) is 0 Å². The van der Waals surface area contributed by atoms with Crippen LogP contribution < -0.4 is 0 Å². The van der Waals surface area contributed by atoms with E-state index in [0.717, 1.165) is 13.2 Å². The highest BCUT2D eigenvalue weighted by molar-refractivity contribution is 5.34. The van der Waals surface area contributed by atoms with Gasteiger partial charge in [0.25, 0.3) is 0 Å². The highest BCUT2D eigenvalue weighted by atomic mass is 16.5. The van der Waals surface area contributed by atoms with Gasteiger partial charge in [0.15, 0.2) is 0 Å². The number of benzene rings is 1. The summed E-state index contributed by atoms with van der Waals surface area (Å²) in [6.45, 7) is 6.02. The topological polar surface area (TPSA) is 9.23 Å². The van der Waals surface area contributed by atoms with E-state index in [1.807, 2.05) is 0 Å². The third-order valence-corrected chi connectivity index (χ3v) is 2.46. The molecule has 1 aromatic carbocycles. The summed E-state index contributed by atoms with van der Waals surface area (Å²) in [4.78, 5) is 0. The summed E-state index contributed by atoms with van der Waals surface area (Å²) < 4.78 is 5.45. The summed E-state index contributed by atoms with van der Waals surface area (Å²) in [5.41, 5.74) is 4.18. The van der Waals surface area contributed by atoms with Gasteiger partial charge in [-0.25, -0.2) is 0 Å². The second-order valence-electron chi connectivity index (χ2n) is 3.62. The van der Waals surface area contributed by atoms with Crippen molar-refractivity contribution in [2.24, 2.45) is 0 Å². The maximum Gasteiger partial charge on any atom is 0.0719 e. The molecule has 12 heavy (non-hydrogen) atoms. The van der Waals surface area contributed by atoms with E-state index >= 15 is 0 Å². The zero-order valence-corrected chi connectivity index (χ0v) is 7.63. The van der Waals surface area contributed by atoms with Crippen LogP contribution in [-0.2, 0) is 11.3 Å². The summed E-state index contributed by atoms with van der Waals surface area (Å²) in [6, 6.07) is 6.61. The fourth-order valence-corrected chi connectivity index (χ4v) is 1.74. The number of hydrogen-bond donors (Lipinski definition) is 0. The Bertz CT molecular complexity index is 291. The van der Waals surface area contributed by atoms with Gasteiger partial charge in [-0.3, -0.25) is 0 Å². The lowest BCUT2D eigenvalue weighted by Gasteiger charge is -2.22. The number of rotatable bonds is 0. The molecule has 64 valence electrons. The molecule has 0 fully saturated rings. The molecule has 1 aromatic rings. The minimum absolute atomic E-state index is 0.564. The van der Waals surface area contributed by atoms with Crippen molar-refractivity contribution in [3.8, 4) is 0 Å². The predicted octanol–water partition coefficient (Wildman–Crippen LogP) is 2.63. The molecule has 0 spiro atoms. The van der Waals surface area contributed by atoms with Gasteiger partial charge in [0.1, 0.15) is 0 Å². The van der Waals surface area contributed by atoms with Gasteiger partial charge in [-0.1, -0.05) is 30.7 Å². The Morgan fingerprint density at radius 1 is 1.42 bits per heavy atom. The Labute approximate surface area is 73.4 Å². The number of hydrogen-bond acceptors (Lipinski definition) is 1. The van der Waals surface area contributed by atoms with E-state index < -0.39 is 0 Å². The van der Waals surface area contributed by atoms with Crippen molar-refractivity contribution in [1.82, 2.24) is 0 Å². The molecule has 0 bridgehead atoms. The van der Waals surface area contributed by atoms with Crippen molar-refractivity contribution in [1.29, 1.82) is 0 Å². The Kier molecular flexibility index (Phi) is 1.89. The molecule has 1 heterocycles. The van der Waals surface area contributed by atoms with Crippen LogP contribution in [0.5, 0.6) is 0 Å². The van der Waals surface area contributed by atoms with E-state index in [4.69, 9.17) is 4.74 Å². The third-order valence-electron chi connectivity index (χ3n) is 2.46. The summed E-state index contributed by atoms with van der Waals surface area (Å²) in [7, 11) is 0. The molecule has 1 unspecified atom stereocenters. The first-order valence-electron chi connectivity index (χ1n) is 4.44. The van der Waals surface area contributed by atoms with Crippen LogP contribution in [0.3, 0.4) is 0 Å². The van der Waals surface area contributed by atoms with E-state index in [0.29, 0.717) is 5.92 Å².